The Morgan fingerprint density at radius 1 is 1.25 bits per heavy atom. The lowest BCUT2D eigenvalue weighted by Crippen LogP contribution is -2.23. The van der Waals surface area contributed by atoms with E-state index in [1.54, 1.807) is 31.4 Å². The summed E-state index contributed by atoms with van der Waals surface area (Å²) in [4.78, 5) is 12.0. The third-order valence-corrected chi connectivity index (χ3v) is 3.71. The summed E-state index contributed by atoms with van der Waals surface area (Å²) in [5.74, 6) is 0.507. The molecule has 20 heavy (non-hydrogen) atoms. The zero-order valence-corrected chi connectivity index (χ0v) is 13.2. The SMILES string of the molecule is COc1cccc(Cl)c1CNC(=O)c1ccc(Br)cc1. The second kappa shape index (κ2) is 6.77. The van der Waals surface area contributed by atoms with Crippen molar-refractivity contribution in [2.24, 2.45) is 0 Å². The standard InChI is InChI=1S/C15H13BrClNO2/c1-20-14-4-2-3-13(17)12(14)9-18-15(19)10-5-7-11(16)8-6-10/h2-8H,9H2,1H3,(H,18,19). The topological polar surface area (TPSA) is 38.3 Å². The van der Waals surface area contributed by atoms with Crippen molar-refractivity contribution >= 4 is 33.4 Å². The molecule has 0 aliphatic carbocycles. The molecule has 1 N–H and O–H groups in total. The summed E-state index contributed by atoms with van der Waals surface area (Å²) >= 11 is 9.45. The van der Waals surface area contributed by atoms with Crippen LogP contribution in [0.2, 0.25) is 5.02 Å². The van der Waals surface area contributed by atoms with Gasteiger partial charge < -0.3 is 10.1 Å². The number of benzene rings is 2. The molecule has 0 aliphatic rings. The Kier molecular flexibility index (Phi) is 5.04. The van der Waals surface area contributed by atoms with Crippen LogP contribution in [0.4, 0.5) is 0 Å². The van der Waals surface area contributed by atoms with E-state index < -0.39 is 0 Å². The first-order valence-corrected chi connectivity index (χ1v) is 7.14. The summed E-state index contributed by atoms with van der Waals surface area (Å²) < 4.78 is 6.17. The molecule has 0 fully saturated rings. The molecule has 3 nitrogen and oxygen atoms in total. The molecule has 0 saturated heterocycles. The number of halogens is 2. The lowest BCUT2D eigenvalue weighted by Gasteiger charge is -2.11. The van der Waals surface area contributed by atoms with Gasteiger partial charge in [0.2, 0.25) is 0 Å². The number of amides is 1. The summed E-state index contributed by atoms with van der Waals surface area (Å²) in [6, 6.07) is 12.5. The highest BCUT2D eigenvalue weighted by molar-refractivity contribution is 9.10. The van der Waals surface area contributed by atoms with Crippen molar-refractivity contribution in [3.63, 3.8) is 0 Å². The Bertz CT molecular complexity index is 614. The number of methoxy groups -OCH3 is 1. The van der Waals surface area contributed by atoms with Gasteiger partial charge in [-0.15, -0.1) is 0 Å². The molecule has 0 saturated carbocycles. The van der Waals surface area contributed by atoms with Crippen LogP contribution >= 0.6 is 27.5 Å². The van der Waals surface area contributed by atoms with Crippen LogP contribution < -0.4 is 10.1 Å². The van der Waals surface area contributed by atoms with Gasteiger partial charge in [0, 0.05) is 27.2 Å². The first-order chi connectivity index (χ1) is 9.61. The zero-order valence-electron chi connectivity index (χ0n) is 10.8. The number of rotatable bonds is 4. The van der Waals surface area contributed by atoms with E-state index in [2.05, 4.69) is 21.2 Å². The van der Waals surface area contributed by atoms with Gasteiger partial charge in [0.25, 0.3) is 5.91 Å². The van der Waals surface area contributed by atoms with Crippen molar-refractivity contribution in [1.29, 1.82) is 0 Å². The molecular weight excluding hydrogens is 342 g/mol. The molecule has 5 heteroatoms. The molecular formula is C15H13BrClNO2. The molecule has 0 atom stereocenters. The van der Waals surface area contributed by atoms with E-state index in [9.17, 15) is 4.79 Å². The molecule has 2 rings (SSSR count). The van der Waals surface area contributed by atoms with E-state index in [-0.39, 0.29) is 5.91 Å². The first kappa shape index (κ1) is 14.9. The van der Waals surface area contributed by atoms with Crippen LogP contribution in [-0.4, -0.2) is 13.0 Å². The van der Waals surface area contributed by atoms with Crippen LogP contribution in [0.5, 0.6) is 5.75 Å². The monoisotopic (exact) mass is 353 g/mol. The maximum absolute atomic E-state index is 12.0. The number of carbonyl (C=O) groups excluding carboxylic acids is 1. The van der Waals surface area contributed by atoms with Gasteiger partial charge in [0.05, 0.1) is 7.11 Å². The van der Waals surface area contributed by atoms with Gasteiger partial charge >= 0.3 is 0 Å². The number of hydrogen-bond donors (Lipinski definition) is 1. The predicted octanol–water partition coefficient (Wildman–Crippen LogP) is 4.04. The molecule has 104 valence electrons. The van der Waals surface area contributed by atoms with Crippen molar-refractivity contribution in [2.45, 2.75) is 6.54 Å². The molecule has 2 aromatic rings. The van der Waals surface area contributed by atoms with Crippen molar-refractivity contribution in [2.75, 3.05) is 7.11 Å². The Morgan fingerprint density at radius 2 is 1.95 bits per heavy atom. The summed E-state index contributed by atoms with van der Waals surface area (Å²) in [5.41, 5.74) is 1.36. The van der Waals surface area contributed by atoms with Gasteiger partial charge in [-0.2, -0.15) is 0 Å². The van der Waals surface area contributed by atoms with Gasteiger partial charge in [0.15, 0.2) is 0 Å². The quantitative estimate of drug-likeness (QED) is 0.900. The van der Waals surface area contributed by atoms with Gasteiger partial charge in [-0.1, -0.05) is 33.6 Å². The fourth-order valence-corrected chi connectivity index (χ4v) is 2.27. The number of ether oxygens (including phenoxy) is 1. The number of hydrogen-bond acceptors (Lipinski definition) is 2. The largest absolute Gasteiger partial charge is 0.496 e. The highest BCUT2D eigenvalue weighted by Gasteiger charge is 2.10. The zero-order chi connectivity index (χ0) is 14.5. The average molecular weight is 355 g/mol. The Hall–Kier alpha value is -1.52. The molecule has 0 spiro atoms. The van der Waals surface area contributed by atoms with Crippen LogP contribution in [0.25, 0.3) is 0 Å². The maximum Gasteiger partial charge on any atom is 0.251 e. The van der Waals surface area contributed by atoms with Crippen LogP contribution in [0.1, 0.15) is 15.9 Å². The summed E-state index contributed by atoms with van der Waals surface area (Å²) in [6.07, 6.45) is 0. The Morgan fingerprint density at radius 3 is 2.60 bits per heavy atom. The minimum Gasteiger partial charge on any atom is -0.496 e. The summed E-state index contributed by atoms with van der Waals surface area (Å²) in [6.45, 7) is 0.317. The number of carbonyl (C=O) groups is 1. The van der Waals surface area contributed by atoms with Crippen molar-refractivity contribution < 1.29 is 9.53 Å². The Balaban J connectivity index is 2.09. The highest BCUT2D eigenvalue weighted by atomic mass is 79.9. The predicted molar refractivity (Wildman–Crippen MR) is 83.3 cm³/mol. The third-order valence-electron chi connectivity index (χ3n) is 2.83. The van der Waals surface area contributed by atoms with Gasteiger partial charge in [-0.05, 0) is 36.4 Å². The molecule has 1 amide bonds. The van der Waals surface area contributed by atoms with Crippen molar-refractivity contribution in [1.82, 2.24) is 5.32 Å². The van der Waals surface area contributed by atoms with Crippen LogP contribution in [0, 0.1) is 0 Å². The Labute approximate surface area is 131 Å². The lowest BCUT2D eigenvalue weighted by molar-refractivity contribution is 0.0950. The van der Waals surface area contributed by atoms with Crippen LogP contribution in [0.15, 0.2) is 46.9 Å². The summed E-state index contributed by atoms with van der Waals surface area (Å²) in [5, 5.41) is 3.40. The highest BCUT2D eigenvalue weighted by Crippen LogP contribution is 2.26. The molecule has 0 bridgehead atoms. The molecule has 0 unspecified atom stereocenters. The molecule has 0 heterocycles. The maximum atomic E-state index is 12.0. The average Bonchev–Trinajstić information content (AvgIpc) is 2.46. The number of nitrogens with one attached hydrogen (secondary N) is 1. The van der Waals surface area contributed by atoms with E-state index in [4.69, 9.17) is 16.3 Å². The van der Waals surface area contributed by atoms with Crippen molar-refractivity contribution in [3.05, 3.63) is 63.1 Å². The second-order valence-corrected chi connectivity index (χ2v) is 5.43. The minimum absolute atomic E-state index is 0.153. The smallest absolute Gasteiger partial charge is 0.251 e. The fourth-order valence-electron chi connectivity index (χ4n) is 1.77. The van der Waals surface area contributed by atoms with E-state index >= 15 is 0 Å². The summed E-state index contributed by atoms with van der Waals surface area (Å²) in [7, 11) is 1.58. The lowest BCUT2D eigenvalue weighted by atomic mass is 10.1. The van der Waals surface area contributed by atoms with Gasteiger partial charge in [-0.3, -0.25) is 4.79 Å². The van der Waals surface area contributed by atoms with Gasteiger partial charge in [0.1, 0.15) is 5.75 Å². The van der Waals surface area contributed by atoms with Crippen LogP contribution in [0.3, 0.4) is 0 Å². The van der Waals surface area contributed by atoms with E-state index in [0.717, 1.165) is 10.0 Å². The van der Waals surface area contributed by atoms with E-state index in [0.29, 0.717) is 22.9 Å². The normalized spacial score (nSPS) is 10.2. The first-order valence-electron chi connectivity index (χ1n) is 5.97. The van der Waals surface area contributed by atoms with E-state index in [1.165, 1.54) is 0 Å². The molecule has 0 aliphatic heterocycles. The molecule has 0 radical (unpaired) electrons. The third kappa shape index (κ3) is 3.52. The minimum atomic E-state index is -0.153. The van der Waals surface area contributed by atoms with Crippen molar-refractivity contribution in [3.8, 4) is 5.75 Å². The van der Waals surface area contributed by atoms with E-state index in [1.807, 2.05) is 18.2 Å². The molecule has 0 aromatic heterocycles. The van der Waals surface area contributed by atoms with Gasteiger partial charge in [-0.25, -0.2) is 0 Å². The fraction of sp³-hybridized carbons (Fsp3) is 0.133. The second-order valence-electron chi connectivity index (χ2n) is 4.11. The van der Waals surface area contributed by atoms with Crippen LogP contribution in [-0.2, 0) is 6.54 Å². The molecule has 2 aromatic carbocycles.